The van der Waals surface area contributed by atoms with E-state index in [-0.39, 0.29) is 0 Å². The summed E-state index contributed by atoms with van der Waals surface area (Å²) in [5, 5.41) is 4.03. The molecule has 1 aliphatic rings. The number of anilines is 2. The van der Waals surface area contributed by atoms with Crippen LogP contribution in [0.4, 0.5) is 11.6 Å². The first-order chi connectivity index (χ1) is 16.7. The Labute approximate surface area is 198 Å². The molecule has 5 rings (SSSR count). The number of carbonyl (C=O) groups is 1. The van der Waals surface area contributed by atoms with Crippen LogP contribution in [0.2, 0.25) is 0 Å². The molecule has 1 amide bonds. The number of ether oxygens (including phenoxy) is 1. The van der Waals surface area contributed by atoms with Gasteiger partial charge in [0.1, 0.15) is 18.2 Å². The average Bonchev–Trinajstić information content (AvgIpc) is 3.26. The molecule has 3 N–H and O–H groups in total. The summed E-state index contributed by atoms with van der Waals surface area (Å²) in [5.74, 6) is 1.46. The van der Waals surface area contributed by atoms with Crippen molar-refractivity contribution in [2.24, 2.45) is 5.73 Å². The predicted octanol–water partition coefficient (Wildman–Crippen LogP) is 4.13. The van der Waals surface area contributed by atoms with Gasteiger partial charge in [-0.05, 0) is 62.3 Å². The zero-order valence-electron chi connectivity index (χ0n) is 19.0. The van der Waals surface area contributed by atoms with Gasteiger partial charge < -0.3 is 20.4 Å². The molecule has 3 heterocycles. The third-order valence-electron chi connectivity index (χ3n) is 6.10. The van der Waals surface area contributed by atoms with Gasteiger partial charge in [0.05, 0.1) is 11.1 Å². The van der Waals surface area contributed by atoms with Gasteiger partial charge in [-0.2, -0.15) is 4.98 Å². The molecule has 1 saturated heterocycles. The van der Waals surface area contributed by atoms with Crippen LogP contribution in [0.5, 0.6) is 5.75 Å². The van der Waals surface area contributed by atoms with Crippen molar-refractivity contribution in [3.63, 3.8) is 0 Å². The molecule has 0 atom stereocenters. The Morgan fingerprint density at radius 3 is 2.62 bits per heavy atom. The number of carbonyl (C=O) groups excluding carboxylic acids is 1. The minimum Gasteiger partial charge on any atom is -0.492 e. The first-order valence-corrected chi connectivity index (χ1v) is 11.6. The molecule has 0 aliphatic carbocycles. The number of hydrogen-bond donors (Lipinski definition) is 2. The number of aromatic nitrogens is 3. The van der Waals surface area contributed by atoms with E-state index >= 15 is 0 Å². The van der Waals surface area contributed by atoms with Gasteiger partial charge in [-0.15, -0.1) is 0 Å². The number of fused-ring (bicyclic) bond motifs is 1. The fourth-order valence-electron chi connectivity index (χ4n) is 4.35. The van der Waals surface area contributed by atoms with Crippen LogP contribution in [0.3, 0.4) is 0 Å². The summed E-state index contributed by atoms with van der Waals surface area (Å²) < 4.78 is 7.76. The third kappa shape index (κ3) is 4.87. The standard InChI is InChI=1S/C26H28N6O2/c27-25(33)22-18-32(23-7-3-2-6-21(22)23)24-12-13-28-26(30-24)29-19-8-10-20(11-9-19)34-17-16-31-14-4-1-5-15-31/h2-3,6-13,18H,1,4-5,14-17H2,(H2,27,33)(H,28,29,30). The van der Waals surface area contributed by atoms with Gasteiger partial charge in [0.15, 0.2) is 0 Å². The van der Waals surface area contributed by atoms with Gasteiger partial charge in [-0.25, -0.2) is 4.98 Å². The lowest BCUT2D eigenvalue weighted by Gasteiger charge is -2.26. The van der Waals surface area contributed by atoms with Crippen LogP contribution >= 0.6 is 0 Å². The molecule has 0 spiro atoms. The van der Waals surface area contributed by atoms with Gasteiger partial charge in [-0.1, -0.05) is 24.6 Å². The molecule has 174 valence electrons. The molecule has 0 radical (unpaired) electrons. The Bertz CT molecular complexity index is 1280. The molecule has 0 bridgehead atoms. The number of nitrogens with two attached hydrogens (primary N) is 1. The number of benzene rings is 2. The SMILES string of the molecule is NC(=O)c1cn(-c2ccnc(Nc3ccc(OCCN4CCCCC4)cc3)n2)c2ccccc12. The third-order valence-corrected chi connectivity index (χ3v) is 6.10. The zero-order chi connectivity index (χ0) is 23.3. The van der Waals surface area contributed by atoms with Gasteiger partial charge in [0.25, 0.3) is 5.91 Å². The van der Waals surface area contributed by atoms with E-state index in [0.717, 1.165) is 28.9 Å². The molecular formula is C26H28N6O2. The van der Waals surface area contributed by atoms with Crippen LogP contribution in [0.25, 0.3) is 16.7 Å². The smallest absolute Gasteiger partial charge is 0.250 e. The van der Waals surface area contributed by atoms with Crippen molar-refractivity contribution in [1.29, 1.82) is 0 Å². The molecule has 8 heteroatoms. The van der Waals surface area contributed by atoms with Gasteiger partial charge in [0, 0.05) is 30.0 Å². The molecule has 34 heavy (non-hydrogen) atoms. The molecule has 0 unspecified atom stereocenters. The fraction of sp³-hybridized carbons (Fsp3) is 0.269. The van der Waals surface area contributed by atoms with Crippen molar-refractivity contribution in [3.05, 3.63) is 72.6 Å². The van der Waals surface area contributed by atoms with E-state index in [1.807, 2.05) is 53.1 Å². The van der Waals surface area contributed by atoms with Crippen molar-refractivity contribution in [2.75, 3.05) is 31.6 Å². The lowest BCUT2D eigenvalue weighted by molar-refractivity contribution is 0.100. The van der Waals surface area contributed by atoms with Gasteiger partial charge in [-0.3, -0.25) is 9.69 Å². The first kappa shape index (κ1) is 21.9. The molecule has 1 fully saturated rings. The summed E-state index contributed by atoms with van der Waals surface area (Å²) in [5.41, 5.74) is 7.74. The van der Waals surface area contributed by atoms with E-state index in [2.05, 4.69) is 20.2 Å². The largest absolute Gasteiger partial charge is 0.492 e. The van der Waals surface area contributed by atoms with Crippen LogP contribution in [0.15, 0.2) is 67.0 Å². The minimum absolute atomic E-state index is 0.453. The second-order valence-electron chi connectivity index (χ2n) is 8.43. The lowest BCUT2D eigenvalue weighted by atomic mass is 10.1. The molecule has 0 saturated carbocycles. The predicted molar refractivity (Wildman–Crippen MR) is 133 cm³/mol. The number of nitrogens with zero attached hydrogens (tertiary/aromatic N) is 4. The van der Waals surface area contributed by atoms with Gasteiger partial charge in [0.2, 0.25) is 5.95 Å². The van der Waals surface area contributed by atoms with E-state index in [1.165, 1.54) is 32.4 Å². The lowest BCUT2D eigenvalue weighted by Crippen LogP contribution is -2.33. The summed E-state index contributed by atoms with van der Waals surface area (Å²) in [7, 11) is 0. The molecule has 2 aromatic carbocycles. The number of amides is 1. The first-order valence-electron chi connectivity index (χ1n) is 11.6. The van der Waals surface area contributed by atoms with Crippen molar-refractivity contribution >= 4 is 28.4 Å². The highest BCUT2D eigenvalue weighted by Crippen LogP contribution is 2.25. The number of likely N-dealkylation sites (tertiary alicyclic amines) is 1. The number of para-hydroxylation sites is 1. The number of nitrogens with one attached hydrogen (secondary N) is 1. The van der Waals surface area contributed by atoms with Crippen LogP contribution in [-0.2, 0) is 0 Å². The normalized spacial score (nSPS) is 14.2. The summed E-state index contributed by atoms with van der Waals surface area (Å²) >= 11 is 0. The Morgan fingerprint density at radius 2 is 1.82 bits per heavy atom. The Hall–Kier alpha value is -3.91. The van der Waals surface area contributed by atoms with Crippen LogP contribution in [0.1, 0.15) is 29.6 Å². The molecular weight excluding hydrogens is 428 g/mol. The maximum atomic E-state index is 11.9. The Kier molecular flexibility index (Phi) is 6.40. The van der Waals surface area contributed by atoms with Crippen molar-refractivity contribution in [1.82, 2.24) is 19.4 Å². The maximum absolute atomic E-state index is 11.9. The summed E-state index contributed by atoms with van der Waals surface area (Å²) in [6, 6.07) is 17.2. The summed E-state index contributed by atoms with van der Waals surface area (Å²) in [6.45, 7) is 4.00. The zero-order valence-corrected chi connectivity index (χ0v) is 19.0. The molecule has 4 aromatic rings. The van der Waals surface area contributed by atoms with E-state index in [9.17, 15) is 4.79 Å². The van der Waals surface area contributed by atoms with Crippen molar-refractivity contribution < 1.29 is 9.53 Å². The Morgan fingerprint density at radius 1 is 1.03 bits per heavy atom. The summed E-state index contributed by atoms with van der Waals surface area (Å²) in [6.07, 6.45) is 7.32. The maximum Gasteiger partial charge on any atom is 0.250 e. The monoisotopic (exact) mass is 456 g/mol. The van der Waals surface area contributed by atoms with E-state index in [0.29, 0.717) is 23.9 Å². The topological polar surface area (TPSA) is 98.3 Å². The Balaban J connectivity index is 1.26. The molecule has 8 nitrogen and oxygen atoms in total. The number of primary amides is 1. The van der Waals surface area contributed by atoms with E-state index in [1.54, 1.807) is 18.5 Å². The molecule has 2 aromatic heterocycles. The fourth-order valence-corrected chi connectivity index (χ4v) is 4.35. The highest BCUT2D eigenvalue weighted by Gasteiger charge is 2.14. The summed E-state index contributed by atoms with van der Waals surface area (Å²) in [4.78, 5) is 23.3. The van der Waals surface area contributed by atoms with Crippen LogP contribution in [-0.4, -0.2) is 51.6 Å². The molecule has 1 aliphatic heterocycles. The number of piperidine rings is 1. The average molecular weight is 457 g/mol. The van der Waals surface area contributed by atoms with Crippen molar-refractivity contribution in [2.45, 2.75) is 19.3 Å². The highest BCUT2D eigenvalue weighted by molar-refractivity contribution is 6.06. The number of hydrogen-bond acceptors (Lipinski definition) is 6. The van der Waals surface area contributed by atoms with E-state index in [4.69, 9.17) is 10.5 Å². The van der Waals surface area contributed by atoms with Crippen LogP contribution in [0, 0.1) is 0 Å². The van der Waals surface area contributed by atoms with E-state index < -0.39 is 5.91 Å². The quantitative estimate of drug-likeness (QED) is 0.414. The highest BCUT2D eigenvalue weighted by atomic mass is 16.5. The second kappa shape index (κ2) is 9.93. The van der Waals surface area contributed by atoms with Crippen molar-refractivity contribution in [3.8, 4) is 11.6 Å². The van der Waals surface area contributed by atoms with Gasteiger partial charge >= 0.3 is 0 Å². The van der Waals surface area contributed by atoms with Crippen LogP contribution < -0.4 is 15.8 Å². The second-order valence-corrected chi connectivity index (χ2v) is 8.43. The minimum atomic E-state index is -0.472. The number of rotatable bonds is 8.